The third kappa shape index (κ3) is 6.42. The molecule has 0 radical (unpaired) electrons. The lowest BCUT2D eigenvalue weighted by atomic mass is 10.2. The highest BCUT2D eigenvalue weighted by molar-refractivity contribution is 5.88. The molecule has 0 aliphatic heterocycles. The molecule has 0 saturated carbocycles. The number of nitro benzene ring substituents is 1. The molecule has 148 valence electrons. The summed E-state index contributed by atoms with van der Waals surface area (Å²) in [6, 6.07) is 10.7. The summed E-state index contributed by atoms with van der Waals surface area (Å²) < 4.78 is 16.2. The van der Waals surface area contributed by atoms with E-state index >= 15 is 0 Å². The fourth-order valence-corrected chi connectivity index (χ4v) is 2.39. The molecule has 0 saturated heterocycles. The first-order chi connectivity index (χ1) is 13.5. The molecule has 0 bridgehead atoms. The van der Waals surface area contributed by atoms with Gasteiger partial charge in [-0.2, -0.15) is 0 Å². The first kappa shape index (κ1) is 21.0. The normalized spacial score (nSPS) is 10.6. The van der Waals surface area contributed by atoms with Crippen molar-refractivity contribution < 1.29 is 23.9 Å². The van der Waals surface area contributed by atoms with Crippen LogP contribution in [-0.4, -0.2) is 24.6 Å². The maximum absolute atomic E-state index is 11.9. The molecule has 0 atom stereocenters. The van der Waals surface area contributed by atoms with E-state index in [1.807, 2.05) is 6.07 Å². The number of hydrogen-bond donors (Lipinski definition) is 0. The molecule has 7 nitrogen and oxygen atoms in total. The van der Waals surface area contributed by atoms with E-state index < -0.39 is 10.9 Å². The van der Waals surface area contributed by atoms with Crippen LogP contribution in [0.25, 0.3) is 6.08 Å². The molecular formula is C21H23NO6. The number of ether oxygens (including phenoxy) is 3. The first-order valence-electron chi connectivity index (χ1n) is 8.98. The van der Waals surface area contributed by atoms with Crippen LogP contribution < -0.4 is 14.2 Å². The molecule has 0 fully saturated rings. The van der Waals surface area contributed by atoms with Gasteiger partial charge >= 0.3 is 5.97 Å². The molecule has 0 unspecified atom stereocenters. The summed E-state index contributed by atoms with van der Waals surface area (Å²) >= 11 is 0. The molecule has 0 amide bonds. The Morgan fingerprint density at radius 2 is 1.86 bits per heavy atom. The molecule has 0 aliphatic rings. The molecular weight excluding hydrogens is 362 g/mol. The number of carbonyl (C=O) groups is 1. The Balaban J connectivity index is 1.96. The van der Waals surface area contributed by atoms with Crippen molar-refractivity contribution in [2.45, 2.75) is 26.2 Å². The highest BCUT2D eigenvalue weighted by Crippen LogP contribution is 2.29. The fourth-order valence-electron chi connectivity index (χ4n) is 2.39. The van der Waals surface area contributed by atoms with E-state index in [9.17, 15) is 14.9 Å². The molecule has 28 heavy (non-hydrogen) atoms. The van der Waals surface area contributed by atoms with Gasteiger partial charge in [0.25, 0.3) is 5.69 Å². The number of non-ortho nitro benzene ring substituents is 1. The van der Waals surface area contributed by atoms with Gasteiger partial charge in [-0.3, -0.25) is 10.1 Å². The summed E-state index contributed by atoms with van der Waals surface area (Å²) in [5, 5.41) is 10.6. The van der Waals surface area contributed by atoms with Gasteiger partial charge in [-0.05, 0) is 42.3 Å². The minimum Gasteiger partial charge on any atom is -0.493 e. The maximum Gasteiger partial charge on any atom is 0.336 e. The minimum atomic E-state index is -0.590. The number of methoxy groups -OCH3 is 1. The Morgan fingerprint density at radius 1 is 1.11 bits per heavy atom. The molecule has 2 rings (SSSR count). The standard InChI is InChI=1S/C21H23NO6/c1-3-4-5-14-27-19-12-6-16(15-20(19)26-2)7-13-21(23)28-18-10-8-17(9-11-18)22(24)25/h6-13,15H,3-5,14H2,1-2H3/b13-7+. The Morgan fingerprint density at radius 3 is 2.50 bits per heavy atom. The SMILES string of the molecule is CCCCCOc1ccc(/C=C/C(=O)Oc2ccc([N+](=O)[O-])cc2)cc1OC. The molecule has 0 heterocycles. The number of unbranched alkanes of at least 4 members (excludes halogenated alkanes) is 2. The monoisotopic (exact) mass is 385 g/mol. The maximum atomic E-state index is 11.9. The topological polar surface area (TPSA) is 87.9 Å². The van der Waals surface area contributed by atoms with Crippen molar-refractivity contribution >= 4 is 17.7 Å². The van der Waals surface area contributed by atoms with Gasteiger partial charge in [0.15, 0.2) is 11.5 Å². The van der Waals surface area contributed by atoms with Gasteiger partial charge in [-0.1, -0.05) is 25.8 Å². The number of nitrogens with zero attached hydrogens (tertiary/aromatic N) is 1. The van der Waals surface area contributed by atoms with E-state index in [4.69, 9.17) is 14.2 Å². The molecule has 0 aromatic heterocycles. The van der Waals surface area contributed by atoms with E-state index in [2.05, 4.69) is 6.92 Å². The van der Waals surface area contributed by atoms with Gasteiger partial charge in [0, 0.05) is 18.2 Å². The van der Waals surface area contributed by atoms with E-state index in [0.29, 0.717) is 18.1 Å². The van der Waals surface area contributed by atoms with Crippen LogP contribution in [0, 0.1) is 10.1 Å². The summed E-state index contributed by atoms with van der Waals surface area (Å²) in [6.45, 7) is 2.76. The summed E-state index contributed by atoms with van der Waals surface area (Å²) in [5.74, 6) is 0.882. The Hall–Kier alpha value is -3.35. The third-order valence-corrected chi connectivity index (χ3v) is 3.87. The second-order valence-electron chi connectivity index (χ2n) is 5.97. The second kappa shape index (κ2) is 10.7. The summed E-state index contributed by atoms with van der Waals surface area (Å²) in [6.07, 6.45) is 6.09. The predicted octanol–water partition coefficient (Wildman–Crippen LogP) is 4.79. The van der Waals surface area contributed by atoms with Gasteiger partial charge < -0.3 is 14.2 Å². The van der Waals surface area contributed by atoms with Crippen molar-refractivity contribution in [1.29, 1.82) is 0 Å². The molecule has 2 aromatic carbocycles. The zero-order chi connectivity index (χ0) is 20.4. The zero-order valence-electron chi connectivity index (χ0n) is 15.9. The van der Waals surface area contributed by atoms with Crippen LogP contribution in [0.2, 0.25) is 0 Å². The fraction of sp³-hybridized carbons (Fsp3) is 0.286. The summed E-state index contributed by atoms with van der Waals surface area (Å²) in [4.78, 5) is 22.0. The van der Waals surface area contributed by atoms with Gasteiger partial charge in [-0.25, -0.2) is 4.79 Å². The number of esters is 1. The van der Waals surface area contributed by atoms with Crippen LogP contribution in [0.5, 0.6) is 17.2 Å². The van der Waals surface area contributed by atoms with Crippen LogP contribution in [-0.2, 0) is 4.79 Å². The summed E-state index contributed by atoms with van der Waals surface area (Å²) in [5.41, 5.74) is 0.679. The zero-order valence-corrected chi connectivity index (χ0v) is 15.9. The predicted molar refractivity (Wildman–Crippen MR) is 106 cm³/mol. The largest absolute Gasteiger partial charge is 0.493 e. The van der Waals surface area contributed by atoms with Crippen LogP contribution in [0.15, 0.2) is 48.5 Å². The van der Waals surface area contributed by atoms with Crippen LogP contribution >= 0.6 is 0 Å². The van der Waals surface area contributed by atoms with Crippen molar-refractivity contribution in [1.82, 2.24) is 0 Å². The lowest BCUT2D eigenvalue weighted by Gasteiger charge is -2.11. The average Bonchev–Trinajstić information content (AvgIpc) is 2.70. The smallest absolute Gasteiger partial charge is 0.336 e. The Bertz CT molecular complexity index is 829. The van der Waals surface area contributed by atoms with Crippen molar-refractivity contribution in [2.75, 3.05) is 13.7 Å². The molecule has 7 heteroatoms. The van der Waals surface area contributed by atoms with E-state index in [-0.39, 0.29) is 11.4 Å². The number of nitro groups is 1. The van der Waals surface area contributed by atoms with Gasteiger partial charge in [-0.15, -0.1) is 0 Å². The molecule has 2 aromatic rings. The Labute approximate surface area is 163 Å². The highest BCUT2D eigenvalue weighted by Gasteiger charge is 2.07. The lowest BCUT2D eigenvalue weighted by Crippen LogP contribution is -2.03. The highest BCUT2D eigenvalue weighted by atomic mass is 16.6. The second-order valence-corrected chi connectivity index (χ2v) is 5.97. The van der Waals surface area contributed by atoms with E-state index in [1.54, 1.807) is 25.3 Å². The summed E-state index contributed by atoms with van der Waals surface area (Å²) in [7, 11) is 1.56. The number of benzene rings is 2. The quantitative estimate of drug-likeness (QED) is 0.146. The Kier molecular flexibility index (Phi) is 8.02. The third-order valence-electron chi connectivity index (χ3n) is 3.87. The molecule has 0 spiro atoms. The van der Waals surface area contributed by atoms with E-state index in [1.165, 1.54) is 30.3 Å². The number of carbonyl (C=O) groups excluding carboxylic acids is 1. The van der Waals surface area contributed by atoms with Gasteiger partial charge in [0.2, 0.25) is 0 Å². The minimum absolute atomic E-state index is 0.0700. The van der Waals surface area contributed by atoms with Gasteiger partial charge in [0.05, 0.1) is 18.6 Å². The van der Waals surface area contributed by atoms with Crippen molar-refractivity contribution in [3.63, 3.8) is 0 Å². The van der Waals surface area contributed by atoms with Crippen LogP contribution in [0.3, 0.4) is 0 Å². The first-order valence-corrected chi connectivity index (χ1v) is 8.98. The van der Waals surface area contributed by atoms with Crippen molar-refractivity contribution in [3.05, 3.63) is 64.2 Å². The van der Waals surface area contributed by atoms with E-state index in [0.717, 1.165) is 24.8 Å². The van der Waals surface area contributed by atoms with Crippen LogP contribution in [0.1, 0.15) is 31.7 Å². The van der Waals surface area contributed by atoms with Crippen LogP contribution in [0.4, 0.5) is 5.69 Å². The number of hydrogen-bond acceptors (Lipinski definition) is 6. The molecule has 0 aliphatic carbocycles. The average molecular weight is 385 g/mol. The molecule has 0 N–H and O–H groups in total. The van der Waals surface area contributed by atoms with Crippen molar-refractivity contribution in [3.8, 4) is 17.2 Å². The number of rotatable bonds is 10. The van der Waals surface area contributed by atoms with Gasteiger partial charge in [0.1, 0.15) is 5.75 Å². The van der Waals surface area contributed by atoms with Crippen molar-refractivity contribution in [2.24, 2.45) is 0 Å². The lowest BCUT2D eigenvalue weighted by molar-refractivity contribution is -0.384.